The van der Waals surface area contributed by atoms with Crippen LogP contribution in [0, 0.1) is 0 Å². The molecular weight excluding hydrogens is 495 g/mol. The van der Waals surface area contributed by atoms with E-state index >= 15 is 0 Å². The molecule has 8 nitrogen and oxygen atoms in total. The molecule has 2 saturated heterocycles. The number of ether oxygens (including phenoxy) is 2. The van der Waals surface area contributed by atoms with Crippen molar-refractivity contribution in [2.75, 3.05) is 59.3 Å². The first-order valence-corrected chi connectivity index (χ1v) is 11.9. The van der Waals surface area contributed by atoms with Gasteiger partial charge in [-0.15, -0.1) is 24.0 Å². The van der Waals surface area contributed by atoms with Crippen molar-refractivity contribution < 1.29 is 17.9 Å². The zero-order chi connectivity index (χ0) is 19.7. The molecule has 0 bridgehead atoms. The summed E-state index contributed by atoms with van der Waals surface area (Å²) in [5, 5.41) is 3.36. The zero-order valence-electron chi connectivity index (χ0n) is 17.4. The molecule has 1 N–H and O–H groups in total. The normalized spacial score (nSPS) is 22.3. The second-order valence-corrected chi connectivity index (χ2v) is 9.20. The number of piperidine rings is 1. The van der Waals surface area contributed by atoms with Gasteiger partial charge in [0.15, 0.2) is 5.96 Å². The van der Waals surface area contributed by atoms with Crippen LogP contribution in [0.3, 0.4) is 0 Å². The van der Waals surface area contributed by atoms with Crippen molar-refractivity contribution in [1.29, 1.82) is 0 Å². The third-order valence-corrected chi connectivity index (χ3v) is 6.46. The molecule has 0 aromatic rings. The van der Waals surface area contributed by atoms with Crippen LogP contribution in [0.5, 0.6) is 0 Å². The zero-order valence-corrected chi connectivity index (χ0v) is 20.6. The van der Waals surface area contributed by atoms with Gasteiger partial charge in [-0.1, -0.05) is 0 Å². The van der Waals surface area contributed by atoms with Crippen LogP contribution in [0.2, 0.25) is 0 Å². The molecule has 2 rings (SSSR count). The lowest BCUT2D eigenvalue weighted by Gasteiger charge is -2.34. The summed E-state index contributed by atoms with van der Waals surface area (Å²) in [4.78, 5) is 7.02. The molecule has 0 radical (unpaired) electrons. The van der Waals surface area contributed by atoms with Gasteiger partial charge in [0.05, 0.1) is 18.9 Å². The van der Waals surface area contributed by atoms with E-state index in [0.717, 1.165) is 70.9 Å². The molecule has 2 aliphatic rings. The van der Waals surface area contributed by atoms with Crippen molar-refractivity contribution >= 4 is 40.0 Å². The summed E-state index contributed by atoms with van der Waals surface area (Å²) in [7, 11) is -1.44. The number of likely N-dealkylation sites (tertiary alicyclic amines) is 1. The molecule has 2 fully saturated rings. The monoisotopic (exact) mass is 532 g/mol. The highest BCUT2D eigenvalue weighted by Gasteiger charge is 2.31. The smallest absolute Gasteiger partial charge is 0.211 e. The summed E-state index contributed by atoms with van der Waals surface area (Å²) in [5.74, 6) is 0.885. The first-order valence-electron chi connectivity index (χ1n) is 10.1. The Bertz CT molecular complexity index is 568. The van der Waals surface area contributed by atoms with Crippen molar-refractivity contribution in [3.63, 3.8) is 0 Å². The van der Waals surface area contributed by atoms with Crippen LogP contribution in [0.4, 0.5) is 0 Å². The average molecular weight is 532 g/mol. The lowest BCUT2D eigenvalue weighted by molar-refractivity contribution is 0.00989. The number of aliphatic imine (C=N–C) groups is 1. The molecule has 2 heterocycles. The van der Waals surface area contributed by atoms with Gasteiger partial charge >= 0.3 is 0 Å². The van der Waals surface area contributed by atoms with Crippen LogP contribution >= 0.6 is 24.0 Å². The average Bonchev–Trinajstić information content (AvgIpc) is 3.12. The van der Waals surface area contributed by atoms with Crippen LogP contribution in [0.15, 0.2) is 4.99 Å². The number of hydrogen-bond acceptors (Lipinski definition) is 5. The fourth-order valence-electron chi connectivity index (χ4n) is 3.73. The summed E-state index contributed by atoms with van der Waals surface area (Å²) in [5.41, 5.74) is 0. The van der Waals surface area contributed by atoms with Gasteiger partial charge in [-0.3, -0.25) is 4.99 Å². The van der Waals surface area contributed by atoms with Gasteiger partial charge in [-0.25, -0.2) is 8.42 Å². The standard InChI is InChI=1S/C18H36N4O4S.HI/c1-4-19-18(20-15-16-7-5-10-22(16)27(3,23)24)21-11-8-17(9-12-21)26-14-6-13-25-2;/h16-17H,4-15H2,1-3H3,(H,19,20);1H/t16-;/m1./s1. The molecule has 0 spiro atoms. The third kappa shape index (κ3) is 8.29. The Labute approximate surface area is 187 Å². The molecule has 0 aliphatic carbocycles. The molecule has 0 amide bonds. The fourth-order valence-corrected chi connectivity index (χ4v) is 4.91. The maximum absolute atomic E-state index is 11.9. The Balaban J connectivity index is 0.00000392. The van der Waals surface area contributed by atoms with Gasteiger partial charge in [0, 0.05) is 52.5 Å². The van der Waals surface area contributed by atoms with E-state index < -0.39 is 10.0 Å². The van der Waals surface area contributed by atoms with Crippen molar-refractivity contribution in [2.45, 2.75) is 51.2 Å². The van der Waals surface area contributed by atoms with Gasteiger partial charge in [-0.2, -0.15) is 4.31 Å². The van der Waals surface area contributed by atoms with Crippen LogP contribution < -0.4 is 5.32 Å². The van der Waals surface area contributed by atoms with Crippen LogP contribution in [0.25, 0.3) is 0 Å². The highest BCUT2D eigenvalue weighted by molar-refractivity contribution is 14.0. The Morgan fingerprint density at radius 3 is 2.50 bits per heavy atom. The minimum Gasteiger partial charge on any atom is -0.385 e. The van der Waals surface area contributed by atoms with Crippen LogP contribution in [-0.2, 0) is 19.5 Å². The predicted octanol–water partition coefficient (Wildman–Crippen LogP) is 1.51. The maximum Gasteiger partial charge on any atom is 0.211 e. The van der Waals surface area contributed by atoms with Crippen molar-refractivity contribution in [3.8, 4) is 0 Å². The third-order valence-electron chi connectivity index (χ3n) is 5.12. The van der Waals surface area contributed by atoms with Crippen LogP contribution in [-0.4, -0.2) is 95.0 Å². The summed E-state index contributed by atoms with van der Waals surface area (Å²) in [6, 6.07) is -0.0182. The maximum atomic E-state index is 11.9. The van der Waals surface area contributed by atoms with Gasteiger partial charge < -0.3 is 19.7 Å². The minimum absolute atomic E-state index is 0. The van der Waals surface area contributed by atoms with Gasteiger partial charge in [0.2, 0.25) is 10.0 Å². The molecule has 2 aliphatic heterocycles. The summed E-state index contributed by atoms with van der Waals surface area (Å²) in [6.45, 7) is 7.27. The fraction of sp³-hybridized carbons (Fsp3) is 0.944. The molecule has 166 valence electrons. The Morgan fingerprint density at radius 2 is 1.89 bits per heavy atom. The number of methoxy groups -OCH3 is 1. The van der Waals surface area contributed by atoms with E-state index in [2.05, 4.69) is 17.1 Å². The van der Waals surface area contributed by atoms with Crippen LogP contribution in [0.1, 0.15) is 39.0 Å². The van der Waals surface area contributed by atoms with Gasteiger partial charge in [0.25, 0.3) is 0 Å². The highest BCUT2D eigenvalue weighted by Crippen LogP contribution is 2.21. The molecule has 0 saturated carbocycles. The summed E-state index contributed by atoms with van der Waals surface area (Å²) in [6.07, 6.45) is 6.28. The first-order chi connectivity index (χ1) is 13.0. The number of guanidine groups is 1. The first kappa shape index (κ1) is 25.9. The Morgan fingerprint density at radius 1 is 1.18 bits per heavy atom. The highest BCUT2D eigenvalue weighted by atomic mass is 127. The predicted molar refractivity (Wildman–Crippen MR) is 123 cm³/mol. The van der Waals surface area contributed by atoms with E-state index in [1.54, 1.807) is 11.4 Å². The lowest BCUT2D eigenvalue weighted by Crippen LogP contribution is -2.47. The molecule has 0 aromatic carbocycles. The van der Waals surface area contributed by atoms with E-state index in [9.17, 15) is 8.42 Å². The summed E-state index contributed by atoms with van der Waals surface area (Å²) < 4.78 is 36.4. The van der Waals surface area contributed by atoms with Gasteiger partial charge in [0.1, 0.15) is 0 Å². The number of halogens is 1. The Hall–Kier alpha value is -0.170. The van der Waals surface area contributed by atoms with Crippen molar-refractivity contribution in [3.05, 3.63) is 0 Å². The Kier molecular flexibility index (Phi) is 12.2. The van der Waals surface area contributed by atoms with E-state index in [1.165, 1.54) is 6.26 Å². The molecule has 28 heavy (non-hydrogen) atoms. The van der Waals surface area contributed by atoms with E-state index in [1.807, 2.05) is 0 Å². The minimum atomic E-state index is -3.15. The topological polar surface area (TPSA) is 83.5 Å². The van der Waals surface area contributed by atoms with Crippen molar-refractivity contribution in [1.82, 2.24) is 14.5 Å². The molecule has 10 heteroatoms. The van der Waals surface area contributed by atoms with E-state index in [0.29, 0.717) is 19.2 Å². The van der Waals surface area contributed by atoms with E-state index in [-0.39, 0.29) is 30.0 Å². The summed E-state index contributed by atoms with van der Waals surface area (Å²) >= 11 is 0. The molecule has 0 aromatic heterocycles. The number of nitrogens with zero attached hydrogens (tertiary/aromatic N) is 3. The number of hydrogen-bond donors (Lipinski definition) is 1. The quantitative estimate of drug-likeness (QED) is 0.210. The number of nitrogens with one attached hydrogen (secondary N) is 1. The SMILES string of the molecule is CCNC(=NC[C@H]1CCCN1S(C)(=O)=O)N1CCC(OCCCOC)CC1.I. The largest absolute Gasteiger partial charge is 0.385 e. The molecule has 0 unspecified atom stereocenters. The van der Waals surface area contributed by atoms with E-state index in [4.69, 9.17) is 14.5 Å². The number of rotatable bonds is 9. The second kappa shape index (κ2) is 13.2. The van der Waals surface area contributed by atoms with Gasteiger partial charge in [-0.05, 0) is 39.0 Å². The van der Waals surface area contributed by atoms with Crippen molar-refractivity contribution in [2.24, 2.45) is 4.99 Å². The number of sulfonamides is 1. The lowest BCUT2D eigenvalue weighted by atomic mass is 10.1. The second-order valence-electron chi connectivity index (χ2n) is 7.27. The molecule has 1 atom stereocenters. The molecular formula is C18H37IN4O4S.